The van der Waals surface area contributed by atoms with Crippen molar-refractivity contribution in [1.82, 2.24) is 14.8 Å². The quantitative estimate of drug-likeness (QED) is 0.792. The van der Waals surface area contributed by atoms with Crippen LogP contribution in [0.5, 0.6) is 0 Å². The third-order valence-corrected chi connectivity index (χ3v) is 3.58. The number of piperazine rings is 1. The first kappa shape index (κ1) is 13.4. The summed E-state index contributed by atoms with van der Waals surface area (Å²) in [6.07, 6.45) is 0.999. The number of carbonyl (C=O) groups excluding carboxylic acids is 2. The highest BCUT2D eigenvalue weighted by atomic mass is 16.5. The van der Waals surface area contributed by atoms with Crippen LogP contribution in [0.15, 0.2) is 29.0 Å². The van der Waals surface area contributed by atoms with Gasteiger partial charge in [-0.3, -0.25) is 4.79 Å². The van der Waals surface area contributed by atoms with E-state index in [4.69, 9.17) is 4.42 Å². The van der Waals surface area contributed by atoms with E-state index in [1.807, 2.05) is 0 Å². The summed E-state index contributed by atoms with van der Waals surface area (Å²) in [5.74, 6) is -0.0715. The van der Waals surface area contributed by atoms with Gasteiger partial charge in [0.25, 0.3) is 5.91 Å². The molecule has 1 aromatic heterocycles. The maximum atomic E-state index is 12.4. The van der Waals surface area contributed by atoms with Crippen molar-refractivity contribution < 1.29 is 18.7 Å². The van der Waals surface area contributed by atoms with Crippen LogP contribution in [0.3, 0.4) is 0 Å². The van der Waals surface area contributed by atoms with Gasteiger partial charge in [-0.25, -0.2) is 9.78 Å². The predicted molar refractivity (Wildman–Crippen MR) is 73.9 cm³/mol. The lowest BCUT2D eigenvalue weighted by Crippen LogP contribution is -2.50. The summed E-state index contributed by atoms with van der Waals surface area (Å²) >= 11 is 0. The highest BCUT2D eigenvalue weighted by molar-refractivity contribution is 5.97. The molecule has 2 amide bonds. The average molecular weight is 289 g/mol. The third-order valence-electron chi connectivity index (χ3n) is 3.58. The summed E-state index contributed by atoms with van der Waals surface area (Å²) in [6.45, 7) is 1.93. The Morgan fingerprint density at radius 2 is 1.90 bits per heavy atom. The zero-order chi connectivity index (χ0) is 14.8. The molecule has 110 valence electrons. The van der Waals surface area contributed by atoms with Crippen molar-refractivity contribution in [3.05, 3.63) is 30.2 Å². The molecule has 2 heterocycles. The Labute approximate surface area is 121 Å². The van der Waals surface area contributed by atoms with Gasteiger partial charge in [0.1, 0.15) is 5.52 Å². The Kier molecular flexibility index (Phi) is 3.47. The Morgan fingerprint density at radius 1 is 1.19 bits per heavy atom. The van der Waals surface area contributed by atoms with Gasteiger partial charge in [0.05, 0.1) is 7.11 Å². The van der Waals surface area contributed by atoms with Crippen LogP contribution in [0.1, 0.15) is 10.4 Å². The van der Waals surface area contributed by atoms with Gasteiger partial charge in [-0.05, 0) is 18.2 Å². The van der Waals surface area contributed by atoms with Crippen molar-refractivity contribution >= 4 is 23.1 Å². The van der Waals surface area contributed by atoms with Crippen LogP contribution in [0.4, 0.5) is 4.79 Å². The summed E-state index contributed by atoms with van der Waals surface area (Å²) in [4.78, 5) is 31.2. The first-order valence-corrected chi connectivity index (χ1v) is 6.64. The minimum atomic E-state index is -0.356. The topological polar surface area (TPSA) is 75.9 Å². The van der Waals surface area contributed by atoms with E-state index in [1.165, 1.54) is 13.5 Å². The maximum Gasteiger partial charge on any atom is 0.409 e. The molecule has 1 fully saturated rings. The Morgan fingerprint density at radius 3 is 2.62 bits per heavy atom. The van der Waals surface area contributed by atoms with Gasteiger partial charge < -0.3 is 19.0 Å². The third kappa shape index (κ3) is 2.54. The Bertz CT molecular complexity index is 674. The predicted octanol–water partition coefficient (Wildman–Crippen LogP) is 1.35. The number of aromatic nitrogens is 1. The van der Waals surface area contributed by atoms with E-state index < -0.39 is 0 Å². The van der Waals surface area contributed by atoms with E-state index in [2.05, 4.69) is 9.72 Å². The Hall–Kier alpha value is -2.57. The van der Waals surface area contributed by atoms with E-state index in [-0.39, 0.29) is 12.0 Å². The van der Waals surface area contributed by atoms with Crippen LogP contribution >= 0.6 is 0 Å². The second-order valence-electron chi connectivity index (χ2n) is 4.78. The van der Waals surface area contributed by atoms with Crippen molar-refractivity contribution in [2.45, 2.75) is 0 Å². The van der Waals surface area contributed by atoms with Crippen molar-refractivity contribution in [2.24, 2.45) is 0 Å². The first-order chi connectivity index (χ1) is 10.2. The molecule has 0 N–H and O–H groups in total. The van der Waals surface area contributed by atoms with Gasteiger partial charge in [0.15, 0.2) is 12.0 Å². The number of methoxy groups -OCH3 is 1. The number of oxazole rings is 1. The summed E-state index contributed by atoms with van der Waals surface area (Å²) < 4.78 is 9.88. The average Bonchev–Trinajstić information content (AvgIpc) is 3.01. The molecule has 0 saturated carbocycles. The number of rotatable bonds is 1. The van der Waals surface area contributed by atoms with Crippen LogP contribution in [0.25, 0.3) is 11.1 Å². The van der Waals surface area contributed by atoms with Gasteiger partial charge in [0, 0.05) is 31.7 Å². The normalized spacial score (nSPS) is 15.3. The molecule has 1 aliphatic heterocycles. The van der Waals surface area contributed by atoms with Crippen LogP contribution in [-0.4, -0.2) is 60.1 Å². The van der Waals surface area contributed by atoms with E-state index in [9.17, 15) is 9.59 Å². The molecular formula is C14H15N3O4. The summed E-state index contributed by atoms with van der Waals surface area (Å²) in [7, 11) is 1.35. The second-order valence-corrected chi connectivity index (χ2v) is 4.78. The lowest BCUT2D eigenvalue weighted by Gasteiger charge is -2.33. The summed E-state index contributed by atoms with van der Waals surface area (Å²) in [5, 5.41) is 0. The number of amides is 2. The molecule has 2 aromatic rings. The van der Waals surface area contributed by atoms with Gasteiger partial charge in [0.2, 0.25) is 0 Å². The molecular weight excluding hydrogens is 274 g/mol. The SMILES string of the molecule is COC(=O)N1CCN(C(=O)c2ccc3ncoc3c2)CC1. The number of hydrogen-bond acceptors (Lipinski definition) is 5. The zero-order valence-corrected chi connectivity index (χ0v) is 11.6. The second kappa shape index (κ2) is 5.43. The number of carbonyl (C=O) groups is 2. The highest BCUT2D eigenvalue weighted by Gasteiger charge is 2.25. The first-order valence-electron chi connectivity index (χ1n) is 6.64. The number of benzene rings is 1. The van der Waals surface area contributed by atoms with Gasteiger partial charge in [-0.1, -0.05) is 0 Å². The maximum absolute atomic E-state index is 12.4. The molecule has 0 radical (unpaired) electrons. The van der Waals surface area contributed by atoms with E-state index >= 15 is 0 Å². The molecule has 0 unspecified atom stereocenters. The minimum absolute atomic E-state index is 0.0715. The van der Waals surface area contributed by atoms with E-state index in [0.29, 0.717) is 37.3 Å². The molecule has 1 aliphatic rings. The smallest absolute Gasteiger partial charge is 0.409 e. The molecule has 0 atom stereocenters. The molecule has 1 aromatic carbocycles. The van der Waals surface area contributed by atoms with Crippen LogP contribution in [-0.2, 0) is 4.74 Å². The number of nitrogens with zero attached hydrogens (tertiary/aromatic N) is 3. The van der Waals surface area contributed by atoms with Crippen LogP contribution in [0, 0.1) is 0 Å². The summed E-state index contributed by atoms with van der Waals surface area (Å²) in [5.41, 5.74) is 1.88. The molecule has 0 bridgehead atoms. The lowest BCUT2D eigenvalue weighted by atomic mass is 10.1. The molecule has 0 aliphatic carbocycles. The fourth-order valence-corrected chi connectivity index (χ4v) is 2.39. The zero-order valence-electron chi connectivity index (χ0n) is 11.6. The standard InChI is InChI=1S/C14H15N3O4/c1-20-14(19)17-6-4-16(5-7-17)13(18)10-2-3-11-12(8-10)21-9-15-11/h2-3,8-9H,4-7H2,1H3. The van der Waals surface area contributed by atoms with Crippen molar-refractivity contribution in [3.63, 3.8) is 0 Å². The number of hydrogen-bond donors (Lipinski definition) is 0. The highest BCUT2D eigenvalue weighted by Crippen LogP contribution is 2.16. The molecule has 7 heteroatoms. The van der Waals surface area contributed by atoms with E-state index in [1.54, 1.807) is 28.0 Å². The van der Waals surface area contributed by atoms with E-state index in [0.717, 1.165) is 5.52 Å². The van der Waals surface area contributed by atoms with Crippen molar-refractivity contribution in [3.8, 4) is 0 Å². The number of fused-ring (bicyclic) bond motifs is 1. The molecule has 1 saturated heterocycles. The lowest BCUT2D eigenvalue weighted by molar-refractivity contribution is 0.0600. The summed E-state index contributed by atoms with van der Waals surface area (Å²) in [6, 6.07) is 5.19. The molecule has 3 rings (SSSR count). The van der Waals surface area contributed by atoms with Gasteiger partial charge >= 0.3 is 6.09 Å². The van der Waals surface area contributed by atoms with Gasteiger partial charge in [-0.2, -0.15) is 0 Å². The largest absolute Gasteiger partial charge is 0.453 e. The van der Waals surface area contributed by atoms with Gasteiger partial charge in [-0.15, -0.1) is 0 Å². The monoisotopic (exact) mass is 289 g/mol. The van der Waals surface area contributed by atoms with Crippen molar-refractivity contribution in [1.29, 1.82) is 0 Å². The Balaban J connectivity index is 1.70. The molecule has 21 heavy (non-hydrogen) atoms. The molecule has 7 nitrogen and oxygen atoms in total. The van der Waals surface area contributed by atoms with Crippen molar-refractivity contribution in [2.75, 3.05) is 33.3 Å². The minimum Gasteiger partial charge on any atom is -0.453 e. The fraction of sp³-hybridized carbons (Fsp3) is 0.357. The number of ether oxygens (including phenoxy) is 1. The van der Waals surface area contributed by atoms with Crippen LogP contribution < -0.4 is 0 Å². The molecule has 0 spiro atoms. The fourth-order valence-electron chi connectivity index (χ4n) is 2.39. The van der Waals surface area contributed by atoms with Crippen LogP contribution in [0.2, 0.25) is 0 Å².